The largest absolute Gasteiger partial charge is 0.463 e. The summed E-state index contributed by atoms with van der Waals surface area (Å²) >= 11 is 0. The SMILES string of the molecule is CCC1(C(=O)OCC(CCn2ccc(=O)[nH]c2=O)OC)CCCCC1.COC(CCn1ccc(=O)[nH]c1=O)COC(=O)C1CCCC1. The van der Waals surface area contributed by atoms with Crippen molar-refractivity contribution in [3.8, 4) is 0 Å². The van der Waals surface area contributed by atoms with Gasteiger partial charge < -0.3 is 28.1 Å². The Morgan fingerprint density at radius 3 is 1.72 bits per heavy atom. The molecule has 47 heavy (non-hydrogen) atoms. The highest BCUT2D eigenvalue weighted by atomic mass is 16.6. The van der Waals surface area contributed by atoms with E-state index in [2.05, 4.69) is 9.97 Å². The molecule has 14 nitrogen and oxygen atoms in total. The number of rotatable bonds is 15. The second kappa shape index (κ2) is 19.1. The molecule has 0 spiro atoms. The Balaban J connectivity index is 0.000000257. The molecule has 2 N–H and O–H groups in total. The summed E-state index contributed by atoms with van der Waals surface area (Å²) in [5, 5.41) is 0. The maximum atomic E-state index is 12.6. The van der Waals surface area contributed by atoms with Crippen molar-refractivity contribution in [2.75, 3.05) is 27.4 Å². The topological polar surface area (TPSA) is 181 Å². The summed E-state index contributed by atoms with van der Waals surface area (Å²) < 4.78 is 24.3. The Hall–Kier alpha value is -3.78. The van der Waals surface area contributed by atoms with E-state index in [0.717, 1.165) is 57.8 Å². The third kappa shape index (κ3) is 11.8. The van der Waals surface area contributed by atoms with Gasteiger partial charge in [0, 0.05) is 51.8 Å². The van der Waals surface area contributed by atoms with Crippen LogP contribution in [-0.2, 0) is 41.6 Å². The van der Waals surface area contributed by atoms with E-state index in [1.807, 2.05) is 6.92 Å². The van der Waals surface area contributed by atoms with Crippen molar-refractivity contribution in [2.24, 2.45) is 11.3 Å². The van der Waals surface area contributed by atoms with Crippen LogP contribution in [0, 0.1) is 11.3 Å². The number of nitrogens with one attached hydrogen (secondary N) is 2. The van der Waals surface area contributed by atoms with E-state index in [1.165, 1.54) is 40.1 Å². The van der Waals surface area contributed by atoms with E-state index < -0.39 is 22.5 Å². The van der Waals surface area contributed by atoms with Gasteiger partial charge >= 0.3 is 23.3 Å². The summed E-state index contributed by atoms with van der Waals surface area (Å²) in [4.78, 5) is 74.1. The van der Waals surface area contributed by atoms with Crippen molar-refractivity contribution < 1.29 is 28.5 Å². The van der Waals surface area contributed by atoms with Gasteiger partial charge in [-0.2, -0.15) is 0 Å². The van der Waals surface area contributed by atoms with Gasteiger partial charge in [-0.05, 0) is 44.9 Å². The van der Waals surface area contributed by atoms with Crippen LogP contribution in [0.1, 0.15) is 84.0 Å². The van der Waals surface area contributed by atoms with Crippen LogP contribution in [0.4, 0.5) is 0 Å². The normalized spacial score (nSPS) is 17.3. The summed E-state index contributed by atoms with van der Waals surface area (Å²) in [5.74, 6) is -0.252. The maximum Gasteiger partial charge on any atom is 0.328 e. The van der Waals surface area contributed by atoms with Crippen molar-refractivity contribution in [1.29, 1.82) is 0 Å². The van der Waals surface area contributed by atoms with Crippen LogP contribution < -0.4 is 22.5 Å². The number of nitrogens with zero attached hydrogens (tertiary/aromatic N) is 2. The number of methoxy groups -OCH3 is 2. The minimum absolute atomic E-state index is 0.0272. The number of ether oxygens (including phenoxy) is 4. The van der Waals surface area contributed by atoms with Gasteiger partial charge in [-0.15, -0.1) is 0 Å². The molecule has 262 valence electrons. The molecule has 14 heteroatoms. The van der Waals surface area contributed by atoms with Gasteiger partial charge in [0.1, 0.15) is 13.2 Å². The monoisotopic (exact) mass is 662 g/mol. The third-order valence-corrected chi connectivity index (χ3v) is 9.27. The van der Waals surface area contributed by atoms with Crippen molar-refractivity contribution in [1.82, 2.24) is 19.1 Å². The molecule has 2 aromatic heterocycles. The molecule has 2 aromatic rings. The lowest BCUT2D eigenvalue weighted by Crippen LogP contribution is -2.36. The van der Waals surface area contributed by atoms with Gasteiger partial charge in [-0.25, -0.2) is 9.59 Å². The lowest BCUT2D eigenvalue weighted by molar-refractivity contribution is -0.162. The summed E-state index contributed by atoms with van der Waals surface area (Å²) in [5.41, 5.74) is -2.09. The van der Waals surface area contributed by atoms with Gasteiger partial charge in [-0.1, -0.05) is 39.0 Å². The molecule has 2 atom stereocenters. The predicted molar refractivity (Wildman–Crippen MR) is 173 cm³/mol. The lowest BCUT2D eigenvalue weighted by atomic mass is 9.72. The standard InChI is InChI=1S/C18H28N2O5.C15H22N2O5/c1-3-18(9-5-4-6-10-18)16(22)25-13-14(24-2)7-11-20-12-8-15(21)19-17(20)23;1-21-12(10-22-14(19)11-4-2-3-5-11)6-8-17-9-7-13(18)16-15(17)20/h8,12,14H,3-7,9-11,13H2,1-2H3,(H,19,21,23);7,9,11-12H,2-6,8,10H2,1H3,(H,16,18,20). The van der Waals surface area contributed by atoms with E-state index in [4.69, 9.17) is 18.9 Å². The molecule has 2 aliphatic rings. The first-order valence-electron chi connectivity index (χ1n) is 16.6. The van der Waals surface area contributed by atoms with Gasteiger partial charge in [0.15, 0.2) is 0 Å². The smallest absolute Gasteiger partial charge is 0.328 e. The summed E-state index contributed by atoms with van der Waals surface area (Å²) in [6.45, 7) is 3.17. The molecule has 0 aliphatic heterocycles. The minimum Gasteiger partial charge on any atom is -0.463 e. The zero-order chi connectivity index (χ0) is 34.2. The fourth-order valence-electron chi connectivity index (χ4n) is 6.05. The fraction of sp³-hybridized carbons (Fsp3) is 0.697. The second-order valence-electron chi connectivity index (χ2n) is 12.3. The summed E-state index contributed by atoms with van der Waals surface area (Å²) in [6.07, 6.45) is 13.3. The highest BCUT2D eigenvalue weighted by Crippen LogP contribution is 2.40. The second-order valence-corrected chi connectivity index (χ2v) is 12.3. The summed E-state index contributed by atoms with van der Waals surface area (Å²) in [7, 11) is 3.11. The zero-order valence-electron chi connectivity index (χ0n) is 27.8. The molecule has 2 heterocycles. The van der Waals surface area contributed by atoms with Crippen LogP contribution in [0.25, 0.3) is 0 Å². The van der Waals surface area contributed by atoms with E-state index in [-0.39, 0.29) is 48.7 Å². The van der Waals surface area contributed by atoms with E-state index in [0.29, 0.717) is 25.9 Å². The van der Waals surface area contributed by atoms with Crippen LogP contribution in [0.2, 0.25) is 0 Å². The molecule has 2 fully saturated rings. The molecular formula is C33H50N4O10. The first-order valence-corrected chi connectivity index (χ1v) is 16.6. The fourth-order valence-corrected chi connectivity index (χ4v) is 6.05. The number of hydrogen-bond donors (Lipinski definition) is 2. The lowest BCUT2D eigenvalue weighted by Gasteiger charge is -2.34. The van der Waals surface area contributed by atoms with Crippen LogP contribution in [-0.4, -0.2) is 70.7 Å². The minimum atomic E-state index is -0.453. The molecule has 2 aliphatic carbocycles. The van der Waals surface area contributed by atoms with Crippen molar-refractivity contribution >= 4 is 11.9 Å². The Bertz CT molecular complexity index is 1500. The average molecular weight is 663 g/mol. The molecule has 2 unspecified atom stereocenters. The van der Waals surface area contributed by atoms with Crippen LogP contribution in [0.5, 0.6) is 0 Å². The number of hydrogen-bond acceptors (Lipinski definition) is 10. The number of H-pyrrole nitrogens is 2. The molecule has 0 amide bonds. The Kier molecular flexibility index (Phi) is 15.3. The summed E-state index contributed by atoms with van der Waals surface area (Å²) in [6, 6.07) is 2.60. The predicted octanol–water partition coefficient (Wildman–Crippen LogP) is 2.52. The van der Waals surface area contributed by atoms with Gasteiger partial charge in [-0.3, -0.25) is 29.1 Å². The van der Waals surface area contributed by atoms with Gasteiger partial charge in [0.2, 0.25) is 0 Å². The molecule has 0 aromatic carbocycles. The first kappa shape index (κ1) is 37.7. The van der Waals surface area contributed by atoms with Crippen molar-refractivity contribution in [3.63, 3.8) is 0 Å². The van der Waals surface area contributed by atoms with E-state index in [1.54, 1.807) is 14.2 Å². The van der Waals surface area contributed by atoms with Crippen LogP contribution >= 0.6 is 0 Å². The quantitative estimate of drug-likeness (QED) is 0.269. The average Bonchev–Trinajstić information content (AvgIpc) is 3.62. The van der Waals surface area contributed by atoms with Crippen LogP contribution in [0.3, 0.4) is 0 Å². The number of carbonyl (C=O) groups is 2. The van der Waals surface area contributed by atoms with E-state index in [9.17, 15) is 28.8 Å². The number of aromatic nitrogens is 4. The number of aromatic amines is 2. The molecule has 2 saturated carbocycles. The van der Waals surface area contributed by atoms with Gasteiger partial charge in [0.05, 0.1) is 23.5 Å². The Morgan fingerprint density at radius 2 is 1.28 bits per heavy atom. The van der Waals surface area contributed by atoms with E-state index >= 15 is 0 Å². The number of carbonyl (C=O) groups excluding carboxylic acids is 2. The first-order chi connectivity index (χ1) is 22.6. The Morgan fingerprint density at radius 1 is 0.787 bits per heavy atom. The molecule has 0 bridgehead atoms. The number of aryl methyl sites for hydroxylation is 2. The molecule has 0 saturated heterocycles. The number of esters is 2. The molecular weight excluding hydrogens is 612 g/mol. The molecule has 4 rings (SSSR count). The maximum absolute atomic E-state index is 12.6. The molecule has 0 radical (unpaired) electrons. The highest BCUT2D eigenvalue weighted by Gasteiger charge is 2.39. The van der Waals surface area contributed by atoms with Crippen LogP contribution in [0.15, 0.2) is 43.7 Å². The highest BCUT2D eigenvalue weighted by molar-refractivity contribution is 5.77. The third-order valence-electron chi connectivity index (χ3n) is 9.27. The van der Waals surface area contributed by atoms with Gasteiger partial charge in [0.25, 0.3) is 11.1 Å². The van der Waals surface area contributed by atoms with Crippen molar-refractivity contribution in [2.45, 2.75) is 109 Å². The Labute approximate surface area is 273 Å². The zero-order valence-corrected chi connectivity index (χ0v) is 27.8. The van der Waals surface area contributed by atoms with Crippen molar-refractivity contribution in [3.05, 3.63) is 66.2 Å².